The molecule has 0 fully saturated rings. The van der Waals surface area contributed by atoms with Crippen LogP contribution in [0.3, 0.4) is 0 Å². The maximum Gasteiger partial charge on any atom is 0.306 e. The lowest BCUT2D eigenvalue weighted by molar-refractivity contribution is -0.870. The maximum absolute atomic E-state index is 13.5. The lowest BCUT2D eigenvalue weighted by Crippen LogP contribution is -2.47. The van der Waals surface area contributed by atoms with Crippen molar-refractivity contribution in [1.82, 2.24) is 5.32 Å². The van der Waals surface area contributed by atoms with E-state index in [0.717, 1.165) is 77.0 Å². The van der Waals surface area contributed by atoms with E-state index in [4.69, 9.17) is 13.8 Å². The number of hydrogen-bond acceptors (Lipinski definition) is 7. The summed E-state index contributed by atoms with van der Waals surface area (Å²) in [6.07, 6.45) is 59.2. The van der Waals surface area contributed by atoms with E-state index in [1.807, 2.05) is 33.3 Å². The molecule has 10 heteroatoms. The predicted octanol–water partition coefficient (Wildman–Crippen LogP) is 16.7. The Morgan fingerprint density at radius 3 is 1.35 bits per heavy atom. The molecule has 0 saturated heterocycles. The van der Waals surface area contributed by atoms with Gasteiger partial charge in [-0.25, -0.2) is 0 Å². The van der Waals surface area contributed by atoms with Crippen LogP contribution >= 0.6 is 7.82 Å². The normalized spacial score (nSPS) is 14.1. The number of unbranched alkanes of at least 4 members (excludes halogenated alkanes) is 30. The molecule has 3 unspecified atom stereocenters. The molecule has 0 aliphatic carbocycles. The summed E-state index contributed by atoms with van der Waals surface area (Å²) in [5, 5.41) is 3.02. The van der Waals surface area contributed by atoms with Crippen LogP contribution in [-0.4, -0.2) is 69.4 Å². The van der Waals surface area contributed by atoms with Crippen LogP contribution < -0.4 is 10.2 Å². The molecule has 0 aromatic carbocycles. The van der Waals surface area contributed by atoms with Crippen LogP contribution in [0.5, 0.6) is 0 Å². The highest BCUT2D eigenvalue weighted by atomic mass is 31.2. The molecule has 1 amide bonds. The second kappa shape index (κ2) is 49.5. The van der Waals surface area contributed by atoms with Crippen LogP contribution in [0.2, 0.25) is 0 Å². The molecule has 0 saturated carbocycles. The monoisotopic (exact) mass is 991 g/mol. The van der Waals surface area contributed by atoms with Gasteiger partial charge in [-0.2, -0.15) is 0 Å². The number of hydrogen-bond donors (Lipinski definition) is 1. The van der Waals surface area contributed by atoms with Gasteiger partial charge >= 0.3 is 5.97 Å². The van der Waals surface area contributed by atoms with Crippen molar-refractivity contribution in [1.29, 1.82) is 0 Å². The van der Waals surface area contributed by atoms with Gasteiger partial charge in [-0.05, 0) is 70.3 Å². The zero-order valence-electron chi connectivity index (χ0n) is 46.0. The van der Waals surface area contributed by atoms with E-state index in [2.05, 4.69) is 62.5 Å². The number of allylic oxidation sites excluding steroid dienone is 7. The first-order chi connectivity index (χ1) is 33.4. The van der Waals surface area contributed by atoms with Crippen molar-refractivity contribution in [2.24, 2.45) is 0 Å². The van der Waals surface area contributed by atoms with E-state index >= 15 is 0 Å². The van der Waals surface area contributed by atoms with Gasteiger partial charge in [0.25, 0.3) is 7.82 Å². The van der Waals surface area contributed by atoms with Gasteiger partial charge in [0.1, 0.15) is 19.3 Å². The topological polar surface area (TPSA) is 114 Å². The quantitative estimate of drug-likeness (QED) is 0.0212. The molecule has 0 aromatic heterocycles. The van der Waals surface area contributed by atoms with Crippen LogP contribution in [0.1, 0.15) is 265 Å². The number of carbonyl (C=O) groups excluding carboxylic acids is 2. The van der Waals surface area contributed by atoms with Gasteiger partial charge in [0, 0.05) is 12.8 Å². The Morgan fingerprint density at radius 2 is 0.884 bits per heavy atom. The molecule has 404 valence electrons. The molecule has 0 aromatic rings. The van der Waals surface area contributed by atoms with Crippen molar-refractivity contribution in [2.45, 2.75) is 277 Å². The summed E-state index contributed by atoms with van der Waals surface area (Å²) in [6.45, 7) is 6.81. The van der Waals surface area contributed by atoms with Crippen molar-refractivity contribution in [3.05, 3.63) is 48.6 Å². The molecule has 3 atom stereocenters. The first kappa shape index (κ1) is 67.0. The molecule has 0 aliphatic heterocycles. The van der Waals surface area contributed by atoms with Crippen molar-refractivity contribution in [3.8, 4) is 0 Å². The minimum Gasteiger partial charge on any atom is -0.756 e. The Bertz CT molecular complexity index is 1330. The van der Waals surface area contributed by atoms with Gasteiger partial charge in [0.15, 0.2) is 0 Å². The number of likely N-dealkylation sites (N-methyl/N-ethyl adjacent to an activating group) is 1. The largest absolute Gasteiger partial charge is 0.756 e. The number of rotatable bonds is 52. The molecule has 0 bridgehead atoms. The number of nitrogens with zero attached hydrogens (tertiary/aromatic N) is 1. The third-order valence-corrected chi connectivity index (χ3v) is 13.7. The minimum absolute atomic E-state index is 0.0252. The Kier molecular flexibility index (Phi) is 48.1. The molecular formula is C59H111N2O7P. The average molecular weight is 992 g/mol. The maximum atomic E-state index is 13.5. The molecule has 0 heterocycles. The number of amides is 1. The first-order valence-corrected chi connectivity index (χ1v) is 30.4. The summed E-state index contributed by atoms with van der Waals surface area (Å²) in [4.78, 5) is 39.8. The third-order valence-electron chi connectivity index (χ3n) is 12.8. The van der Waals surface area contributed by atoms with E-state index in [1.54, 1.807) is 0 Å². The Labute approximate surface area is 427 Å². The minimum atomic E-state index is -4.70. The second-order valence-electron chi connectivity index (χ2n) is 20.8. The highest BCUT2D eigenvalue weighted by Crippen LogP contribution is 2.38. The number of esters is 1. The number of phosphoric acid groups is 1. The lowest BCUT2D eigenvalue weighted by Gasteiger charge is -2.30. The van der Waals surface area contributed by atoms with Crippen LogP contribution in [0.15, 0.2) is 48.6 Å². The standard InChI is InChI=1S/C59H111N2O7P/c1-7-10-13-16-19-22-25-28-30-31-32-34-37-40-43-46-49-52-59(63)68-57(50-47-44-41-38-35-27-24-21-18-15-12-9-3)56(55-67-69(64,65)66-54-53-61(4,5)6)60-58(62)51-48-45-42-39-36-33-29-26-23-20-17-14-11-8-2/h19,22,28,30,32,34,47,50,56-57H,7-18,20-21,23-27,29,31,33,35-46,48-49,51-55H2,1-6H3,(H-,60,62,64,65)/b22-19-,30-28-,34-32-,50-47+. The van der Waals surface area contributed by atoms with Crippen molar-refractivity contribution >= 4 is 19.7 Å². The number of quaternary nitrogens is 1. The predicted molar refractivity (Wildman–Crippen MR) is 293 cm³/mol. The van der Waals surface area contributed by atoms with Crippen LogP contribution in [0, 0.1) is 0 Å². The van der Waals surface area contributed by atoms with Gasteiger partial charge < -0.3 is 28.5 Å². The smallest absolute Gasteiger partial charge is 0.306 e. The fraction of sp³-hybridized carbons (Fsp3) is 0.831. The summed E-state index contributed by atoms with van der Waals surface area (Å²) < 4.78 is 30.2. The van der Waals surface area contributed by atoms with E-state index in [9.17, 15) is 19.0 Å². The molecule has 0 aliphatic rings. The second-order valence-corrected chi connectivity index (χ2v) is 22.2. The van der Waals surface area contributed by atoms with Gasteiger partial charge in [0.05, 0.1) is 33.8 Å². The van der Waals surface area contributed by atoms with Gasteiger partial charge in [-0.15, -0.1) is 0 Å². The Morgan fingerprint density at radius 1 is 0.507 bits per heavy atom. The summed E-state index contributed by atoms with van der Waals surface area (Å²) in [5.74, 6) is -0.560. The summed E-state index contributed by atoms with van der Waals surface area (Å²) >= 11 is 0. The Balaban J connectivity index is 5.37. The Hall–Kier alpha value is -2.03. The molecular weight excluding hydrogens is 880 g/mol. The van der Waals surface area contributed by atoms with Crippen LogP contribution in [0.25, 0.3) is 0 Å². The fourth-order valence-corrected chi connectivity index (χ4v) is 8.96. The number of phosphoric ester groups is 1. The third kappa shape index (κ3) is 50.7. The number of nitrogens with one attached hydrogen (secondary N) is 1. The molecule has 0 spiro atoms. The summed E-state index contributed by atoms with van der Waals surface area (Å²) in [6, 6.07) is -0.894. The van der Waals surface area contributed by atoms with Crippen molar-refractivity contribution < 1.29 is 37.3 Å². The molecule has 1 N–H and O–H groups in total. The highest BCUT2D eigenvalue weighted by Gasteiger charge is 2.27. The van der Waals surface area contributed by atoms with Crippen LogP contribution in [0.4, 0.5) is 0 Å². The molecule has 69 heavy (non-hydrogen) atoms. The van der Waals surface area contributed by atoms with Crippen molar-refractivity contribution in [3.63, 3.8) is 0 Å². The zero-order valence-corrected chi connectivity index (χ0v) is 46.9. The molecule has 0 rings (SSSR count). The summed E-state index contributed by atoms with van der Waals surface area (Å²) in [7, 11) is 1.18. The number of ether oxygens (including phenoxy) is 1. The van der Waals surface area contributed by atoms with Gasteiger partial charge in [0.2, 0.25) is 5.91 Å². The van der Waals surface area contributed by atoms with E-state index in [1.165, 1.54) is 148 Å². The fourth-order valence-electron chi connectivity index (χ4n) is 8.23. The highest BCUT2D eigenvalue weighted by molar-refractivity contribution is 7.45. The first-order valence-electron chi connectivity index (χ1n) is 28.9. The van der Waals surface area contributed by atoms with Crippen LogP contribution in [-0.2, 0) is 27.9 Å². The SMILES string of the molecule is CCCCC/C=C\C/C=C\C/C=C\CCCCCCC(=O)OC(/C=C/CCCCCCCCCCCC)C(COP(=O)([O-])OCC[N+](C)(C)C)NC(=O)CCCCCCCCCCCCCCCC. The molecule has 9 nitrogen and oxygen atoms in total. The van der Waals surface area contributed by atoms with Gasteiger partial charge in [-0.3, -0.25) is 14.2 Å². The van der Waals surface area contributed by atoms with E-state index in [0.29, 0.717) is 23.9 Å². The average Bonchev–Trinajstić information content (AvgIpc) is 3.31. The lowest BCUT2D eigenvalue weighted by atomic mass is 10.0. The van der Waals surface area contributed by atoms with E-state index < -0.39 is 26.6 Å². The molecule has 0 radical (unpaired) electrons. The van der Waals surface area contributed by atoms with Crippen molar-refractivity contribution in [2.75, 3.05) is 40.9 Å². The zero-order chi connectivity index (χ0) is 50.8. The van der Waals surface area contributed by atoms with Gasteiger partial charge in [-0.1, -0.05) is 230 Å². The number of carbonyl (C=O) groups is 2. The van der Waals surface area contributed by atoms with E-state index in [-0.39, 0.29) is 24.9 Å². The summed E-state index contributed by atoms with van der Waals surface area (Å²) in [5.41, 5.74) is 0.